The summed E-state index contributed by atoms with van der Waals surface area (Å²) >= 11 is 5.87. The van der Waals surface area contributed by atoms with Gasteiger partial charge in [0.25, 0.3) is 0 Å². The molecule has 0 atom stereocenters. The summed E-state index contributed by atoms with van der Waals surface area (Å²) in [6.45, 7) is 0. The zero-order valence-corrected chi connectivity index (χ0v) is 9.20. The lowest BCUT2D eigenvalue weighted by Gasteiger charge is -2.05. The molecule has 1 aliphatic rings. The molecule has 1 aromatic heterocycles. The second-order valence-corrected chi connectivity index (χ2v) is 4.52. The van der Waals surface area contributed by atoms with E-state index in [1.54, 1.807) is 18.3 Å². The van der Waals surface area contributed by atoms with Crippen molar-refractivity contribution in [1.29, 1.82) is 5.26 Å². The van der Waals surface area contributed by atoms with E-state index in [1.807, 2.05) is 6.07 Å². The van der Waals surface area contributed by atoms with Crippen molar-refractivity contribution in [2.75, 3.05) is 0 Å². The monoisotopic (exact) mass is 229 g/mol. The normalized spacial score (nSPS) is 17.0. The maximum absolute atomic E-state index is 9.09. The van der Waals surface area contributed by atoms with E-state index in [-0.39, 0.29) is 5.41 Å². The molecule has 1 saturated carbocycles. The SMILES string of the molecule is N#CC1(c2cnc3cc(Cl)ccc3n2)CC1. The standard InChI is InChI=1S/C12H8ClN3/c13-8-1-2-9-10(5-8)15-6-11(16-9)12(7-14)3-4-12/h1-2,5-6H,3-4H2. The summed E-state index contributed by atoms with van der Waals surface area (Å²) in [5.74, 6) is 0. The molecule has 0 saturated heterocycles. The van der Waals surface area contributed by atoms with Gasteiger partial charge in [-0.15, -0.1) is 0 Å². The quantitative estimate of drug-likeness (QED) is 0.756. The molecule has 1 fully saturated rings. The van der Waals surface area contributed by atoms with Gasteiger partial charge in [0, 0.05) is 5.02 Å². The van der Waals surface area contributed by atoms with Crippen LogP contribution >= 0.6 is 11.6 Å². The van der Waals surface area contributed by atoms with Crippen molar-refractivity contribution in [3.8, 4) is 6.07 Å². The van der Waals surface area contributed by atoms with Crippen LogP contribution in [0.4, 0.5) is 0 Å². The third-order valence-electron chi connectivity index (χ3n) is 2.96. The fraction of sp³-hybridized carbons (Fsp3) is 0.250. The summed E-state index contributed by atoms with van der Waals surface area (Å²) in [7, 11) is 0. The highest BCUT2D eigenvalue weighted by atomic mass is 35.5. The zero-order valence-electron chi connectivity index (χ0n) is 8.44. The van der Waals surface area contributed by atoms with Gasteiger partial charge in [-0.25, -0.2) is 4.98 Å². The van der Waals surface area contributed by atoms with Crippen LogP contribution in [0.15, 0.2) is 24.4 Å². The van der Waals surface area contributed by atoms with Gasteiger partial charge in [0.2, 0.25) is 0 Å². The Morgan fingerprint density at radius 3 is 2.81 bits per heavy atom. The van der Waals surface area contributed by atoms with Gasteiger partial charge in [0.15, 0.2) is 0 Å². The van der Waals surface area contributed by atoms with E-state index < -0.39 is 0 Å². The van der Waals surface area contributed by atoms with E-state index in [0.29, 0.717) is 5.02 Å². The van der Waals surface area contributed by atoms with Crippen LogP contribution < -0.4 is 0 Å². The van der Waals surface area contributed by atoms with E-state index in [4.69, 9.17) is 16.9 Å². The number of benzene rings is 1. The van der Waals surface area contributed by atoms with E-state index >= 15 is 0 Å². The molecule has 16 heavy (non-hydrogen) atoms. The molecule has 78 valence electrons. The highest BCUT2D eigenvalue weighted by Crippen LogP contribution is 2.46. The van der Waals surface area contributed by atoms with Crippen molar-refractivity contribution >= 4 is 22.6 Å². The first kappa shape index (κ1) is 9.56. The van der Waals surface area contributed by atoms with Crippen LogP contribution in [0, 0.1) is 11.3 Å². The van der Waals surface area contributed by atoms with Gasteiger partial charge in [-0.05, 0) is 31.0 Å². The maximum atomic E-state index is 9.09. The molecule has 0 amide bonds. The number of hydrogen-bond donors (Lipinski definition) is 0. The Bertz CT molecular complexity index is 611. The van der Waals surface area contributed by atoms with E-state index in [2.05, 4.69) is 16.0 Å². The molecule has 1 heterocycles. The van der Waals surface area contributed by atoms with Crippen LogP contribution in [-0.2, 0) is 5.41 Å². The Morgan fingerprint density at radius 2 is 2.12 bits per heavy atom. The van der Waals surface area contributed by atoms with E-state index in [9.17, 15) is 0 Å². The lowest BCUT2D eigenvalue weighted by Crippen LogP contribution is -2.06. The van der Waals surface area contributed by atoms with Gasteiger partial charge in [-0.1, -0.05) is 11.6 Å². The Labute approximate surface area is 97.7 Å². The van der Waals surface area contributed by atoms with Crippen LogP contribution in [0.5, 0.6) is 0 Å². The average molecular weight is 230 g/mol. The number of hydrogen-bond acceptors (Lipinski definition) is 3. The lowest BCUT2D eigenvalue weighted by molar-refractivity contribution is 0.853. The smallest absolute Gasteiger partial charge is 0.101 e. The summed E-state index contributed by atoms with van der Waals surface area (Å²) in [4.78, 5) is 8.78. The third kappa shape index (κ3) is 1.35. The van der Waals surface area contributed by atoms with E-state index in [0.717, 1.165) is 29.6 Å². The predicted molar refractivity (Wildman–Crippen MR) is 61.1 cm³/mol. The average Bonchev–Trinajstić information content (AvgIpc) is 3.09. The predicted octanol–water partition coefficient (Wildman–Crippen LogP) is 2.84. The molecule has 0 spiro atoms. The number of nitrogens with zero attached hydrogens (tertiary/aromatic N) is 3. The summed E-state index contributed by atoms with van der Waals surface area (Å²) < 4.78 is 0. The molecule has 1 aromatic carbocycles. The van der Waals surface area contributed by atoms with Gasteiger partial charge >= 0.3 is 0 Å². The largest absolute Gasteiger partial charge is 0.253 e. The van der Waals surface area contributed by atoms with Crippen LogP contribution in [0.1, 0.15) is 18.5 Å². The number of rotatable bonds is 1. The molecule has 4 heteroatoms. The minimum Gasteiger partial charge on any atom is -0.253 e. The number of halogens is 1. The van der Waals surface area contributed by atoms with Gasteiger partial charge < -0.3 is 0 Å². The second kappa shape index (κ2) is 3.16. The van der Waals surface area contributed by atoms with Gasteiger partial charge in [0.05, 0.1) is 29.0 Å². The molecule has 0 radical (unpaired) electrons. The zero-order chi connectivity index (χ0) is 11.2. The Kier molecular flexibility index (Phi) is 1.89. The molecule has 0 aliphatic heterocycles. The van der Waals surface area contributed by atoms with Gasteiger partial charge in [-0.2, -0.15) is 5.26 Å². The summed E-state index contributed by atoms with van der Waals surface area (Å²) in [5, 5.41) is 9.74. The third-order valence-corrected chi connectivity index (χ3v) is 3.19. The molecular formula is C12H8ClN3. The van der Waals surface area contributed by atoms with Crippen LogP contribution in [-0.4, -0.2) is 9.97 Å². The van der Waals surface area contributed by atoms with Crippen LogP contribution in [0.3, 0.4) is 0 Å². The fourth-order valence-corrected chi connectivity index (χ4v) is 1.93. The van der Waals surface area contributed by atoms with Crippen molar-refractivity contribution < 1.29 is 0 Å². The van der Waals surface area contributed by atoms with Crippen LogP contribution in [0.2, 0.25) is 5.02 Å². The highest BCUT2D eigenvalue weighted by Gasteiger charge is 2.46. The molecule has 1 aliphatic carbocycles. The first-order valence-electron chi connectivity index (χ1n) is 5.08. The van der Waals surface area contributed by atoms with Crippen molar-refractivity contribution in [1.82, 2.24) is 9.97 Å². The topological polar surface area (TPSA) is 49.6 Å². The van der Waals surface area contributed by atoms with Gasteiger partial charge in [-0.3, -0.25) is 4.98 Å². The number of fused-ring (bicyclic) bond motifs is 1. The fourth-order valence-electron chi connectivity index (χ4n) is 1.76. The molecular weight excluding hydrogens is 222 g/mol. The minimum atomic E-state index is -0.374. The molecule has 3 nitrogen and oxygen atoms in total. The summed E-state index contributed by atoms with van der Waals surface area (Å²) in [5.41, 5.74) is 1.97. The summed E-state index contributed by atoms with van der Waals surface area (Å²) in [6, 6.07) is 7.71. The molecule has 0 N–H and O–H groups in total. The van der Waals surface area contributed by atoms with Crippen molar-refractivity contribution in [3.05, 3.63) is 35.1 Å². The van der Waals surface area contributed by atoms with Crippen molar-refractivity contribution in [3.63, 3.8) is 0 Å². The first-order chi connectivity index (χ1) is 7.73. The second-order valence-electron chi connectivity index (χ2n) is 4.08. The van der Waals surface area contributed by atoms with Crippen LogP contribution in [0.25, 0.3) is 11.0 Å². The Balaban J connectivity index is 2.18. The molecule has 0 bridgehead atoms. The van der Waals surface area contributed by atoms with Crippen molar-refractivity contribution in [2.45, 2.75) is 18.3 Å². The molecule has 2 aromatic rings. The number of aromatic nitrogens is 2. The highest BCUT2D eigenvalue weighted by molar-refractivity contribution is 6.31. The Hall–Kier alpha value is -1.66. The minimum absolute atomic E-state index is 0.374. The summed E-state index contributed by atoms with van der Waals surface area (Å²) in [6.07, 6.45) is 3.46. The number of nitriles is 1. The Morgan fingerprint density at radius 1 is 1.31 bits per heavy atom. The molecule has 3 rings (SSSR count). The van der Waals surface area contributed by atoms with Gasteiger partial charge in [0.1, 0.15) is 5.41 Å². The molecule has 0 unspecified atom stereocenters. The van der Waals surface area contributed by atoms with Crippen molar-refractivity contribution in [2.24, 2.45) is 0 Å². The lowest BCUT2D eigenvalue weighted by atomic mass is 10.1. The maximum Gasteiger partial charge on any atom is 0.101 e. The van der Waals surface area contributed by atoms with E-state index in [1.165, 1.54) is 0 Å². The first-order valence-corrected chi connectivity index (χ1v) is 5.45.